The maximum Gasteiger partial charge on any atom is 0.223 e. The van der Waals surface area contributed by atoms with Crippen molar-refractivity contribution in [3.05, 3.63) is 24.5 Å². The van der Waals surface area contributed by atoms with Crippen molar-refractivity contribution in [1.82, 2.24) is 9.88 Å². The topological polar surface area (TPSA) is 34.0 Å². The zero-order chi connectivity index (χ0) is 11.1. The molecule has 0 bridgehead atoms. The molecule has 84 valence electrons. The molecule has 1 heterocycles. The number of nitrogens with zero attached hydrogens (tertiary/aromatic N) is 1. The van der Waals surface area contributed by atoms with Crippen LogP contribution in [0.2, 0.25) is 0 Å². The maximum atomic E-state index is 11.5. The van der Waals surface area contributed by atoms with Crippen molar-refractivity contribution >= 4 is 17.7 Å². The molecule has 15 heavy (non-hydrogen) atoms. The number of carbonyl (C=O) groups is 1. The highest BCUT2D eigenvalue weighted by Crippen LogP contribution is 2.03. The number of hydrogen-bond acceptors (Lipinski definition) is 2. The Labute approximate surface area is 95.2 Å². The fourth-order valence-electron chi connectivity index (χ4n) is 1.33. The number of amides is 1. The summed E-state index contributed by atoms with van der Waals surface area (Å²) in [6.45, 7) is 3.50. The van der Waals surface area contributed by atoms with Crippen LogP contribution in [0.5, 0.6) is 0 Å². The van der Waals surface area contributed by atoms with E-state index in [0.717, 1.165) is 12.3 Å². The summed E-state index contributed by atoms with van der Waals surface area (Å²) in [6, 6.07) is 3.97. The molecule has 0 spiro atoms. The number of nitrogens with one attached hydrogen (secondary N) is 1. The largest absolute Gasteiger partial charge is 0.354 e. The number of thioether (sulfide) groups is 1. The minimum absolute atomic E-state index is 0.102. The third-order valence-electron chi connectivity index (χ3n) is 2.20. The SMILES string of the molecule is CSC[C@H](C)C(=O)NCCn1cccc1. The smallest absolute Gasteiger partial charge is 0.223 e. The Morgan fingerprint density at radius 1 is 1.47 bits per heavy atom. The highest BCUT2D eigenvalue weighted by atomic mass is 32.2. The molecular weight excluding hydrogens is 208 g/mol. The summed E-state index contributed by atoms with van der Waals surface area (Å²) in [4.78, 5) is 11.5. The van der Waals surface area contributed by atoms with Gasteiger partial charge in [0.1, 0.15) is 0 Å². The molecule has 0 aromatic carbocycles. The minimum Gasteiger partial charge on any atom is -0.354 e. The van der Waals surface area contributed by atoms with E-state index in [-0.39, 0.29) is 11.8 Å². The van der Waals surface area contributed by atoms with Crippen molar-refractivity contribution in [1.29, 1.82) is 0 Å². The molecule has 0 radical (unpaired) electrons. The van der Waals surface area contributed by atoms with Crippen LogP contribution in [0.25, 0.3) is 0 Å². The summed E-state index contributed by atoms with van der Waals surface area (Å²) < 4.78 is 2.06. The third kappa shape index (κ3) is 4.42. The van der Waals surface area contributed by atoms with Gasteiger partial charge < -0.3 is 9.88 Å². The van der Waals surface area contributed by atoms with E-state index in [0.29, 0.717) is 6.54 Å². The Morgan fingerprint density at radius 3 is 2.73 bits per heavy atom. The van der Waals surface area contributed by atoms with Crippen molar-refractivity contribution < 1.29 is 4.79 Å². The summed E-state index contributed by atoms with van der Waals surface area (Å²) >= 11 is 1.70. The predicted molar refractivity (Wildman–Crippen MR) is 65.0 cm³/mol. The Balaban J connectivity index is 2.17. The number of carbonyl (C=O) groups excluding carboxylic acids is 1. The molecule has 0 aliphatic carbocycles. The van der Waals surface area contributed by atoms with Crippen LogP contribution >= 0.6 is 11.8 Å². The van der Waals surface area contributed by atoms with Crippen LogP contribution in [0, 0.1) is 5.92 Å². The zero-order valence-electron chi connectivity index (χ0n) is 9.27. The van der Waals surface area contributed by atoms with Crippen LogP contribution in [0.3, 0.4) is 0 Å². The van der Waals surface area contributed by atoms with E-state index in [4.69, 9.17) is 0 Å². The van der Waals surface area contributed by atoms with Gasteiger partial charge in [-0.15, -0.1) is 0 Å². The number of rotatable bonds is 6. The van der Waals surface area contributed by atoms with Crippen LogP contribution in [-0.2, 0) is 11.3 Å². The van der Waals surface area contributed by atoms with Crippen LogP contribution in [0.15, 0.2) is 24.5 Å². The molecule has 3 nitrogen and oxygen atoms in total. The van der Waals surface area contributed by atoms with Crippen LogP contribution in [-0.4, -0.2) is 29.0 Å². The molecule has 4 heteroatoms. The monoisotopic (exact) mass is 226 g/mol. The molecule has 1 atom stereocenters. The van der Waals surface area contributed by atoms with Gasteiger partial charge in [0.05, 0.1) is 0 Å². The molecule has 1 aromatic rings. The third-order valence-corrected chi connectivity index (χ3v) is 3.03. The van der Waals surface area contributed by atoms with Gasteiger partial charge in [-0.3, -0.25) is 4.79 Å². The van der Waals surface area contributed by atoms with Gasteiger partial charge in [0.25, 0.3) is 0 Å². The lowest BCUT2D eigenvalue weighted by Crippen LogP contribution is -2.32. The standard InChI is InChI=1S/C11H18N2OS/c1-10(9-15-2)11(14)12-5-8-13-6-3-4-7-13/h3-4,6-7,10H,5,8-9H2,1-2H3,(H,12,14)/t10-/m0/s1. The molecule has 0 saturated heterocycles. The van der Waals surface area contributed by atoms with Gasteiger partial charge in [-0.05, 0) is 18.4 Å². The van der Waals surface area contributed by atoms with Crippen molar-refractivity contribution in [2.75, 3.05) is 18.6 Å². The van der Waals surface area contributed by atoms with Crippen LogP contribution in [0.1, 0.15) is 6.92 Å². The molecule has 1 aromatic heterocycles. The van der Waals surface area contributed by atoms with E-state index in [1.54, 1.807) is 11.8 Å². The summed E-state index contributed by atoms with van der Waals surface area (Å²) in [5.74, 6) is 1.14. The summed E-state index contributed by atoms with van der Waals surface area (Å²) in [5.41, 5.74) is 0. The molecule has 1 amide bonds. The van der Waals surface area contributed by atoms with Crippen molar-refractivity contribution in [2.45, 2.75) is 13.5 Å². The highest BCUT2D eigenvalue weighted by Gasteiger charge is 2.10. The van der Waals surface area contributed by atoms with E-state index in [1.165, 1.54) is 0 Å². The Kier molecular flexibility index (Phi) is 5.32. The first-order chi connectivity index (χ1) is 7.24. The van der Waals surface area contributed by atoms with Crippen molar-refractivity contribution in [3.63, 3.8) is 0 Å². The van der Waals surface area contributed by atoms with Gasteiger partial charge in [0.15, 0.2) is 0 Å². The second kappa shape index (κ2) is 6.56. The normalized spacial score (nSPS) is 12.4. The van der Waals surface area contributed by atoms with Gasteiger partial charge in [-0.1, -0.05) is 6.92 Å². The van der Waals surface area contributed by atoms with E-state index in [9.17, 15) is 4.79 Å². The summed E-state index contributed by atoms with van der Waals surface area (Å²) in [5, 5.41) is 2.93. The first-order valence-corrected chi connectivity index (χ1v) is 6.51. The molecule has 0 aliphatic rings. The lowest BCUT2D eigenvalue weighted by Gasteiger charge is -2.11. The molecule has 1 rings (SSSR count). The summed E-state index contributed by atoms with van der Waals surface area (Å²) in [6.07, 6.45) is 6.01. The zero-order valence-corrected chi connectivity index (χ0v) is 10.1. The van der Waals surface area contributed by atoms with Crippen molar-refractivity contribution in [3.8, 4) is 0 Å². The molecule has 0 unspecified atom stereocenters. The lowest BCUT2D eigenvalue weighted by molar-refractivity contribution is -0.123. The Morgan fingerprint density at radius 2 is 2.13 bits per heavy atom. The van der Waals surface area contributed by atoms with E-state index in [1.807, 2.05) is 37.7 Å². The molecule has 0 saturated carbocycles. The van der Waals surface area contributed by atoms with Crippen LogP contribution < -0.4 is 5.32 Å². The second-order valence-electron chi connectivity index (χ2n) is 3.57. The molecule has 0 fully saturated rings. The van der Waals surface area contributed by atoms with Gasteiger partial charge in [-0.25, -0.2) is 0 Å². The van der Waals surface area contributed by atoms with Gasteiger partial charge in [0.2, 0.25) is 5.91 Å². The fourth-order valence-corrected chi connectivity index (χ4v) is 1.98. The van der Waals surface area contributed by atoms with Crippen LogP contribution in [0.4, 0.5) is 0 Å². The quantitative estimate of drug-likeness (QED) is 0.799. The number of aromatic nitrogens is 1. The average molecular weight is 226 g/mol. The second-order valence-corrected chi connectivity index (χ2v) is 4.48. The Hall–Kier alpha value is -0.900. The van der Waals surface area contributed by atoms with Crippen molar-refractivity contribution in [2.24, 2.45) is 5.92 Å². The average Bonchev–Trinajstić information content (AvgIpc) is 2.71. The maximum absolute atomic E-state index is 11.5. The van der Waals surface area contributed by atoms with Gasteiger partial charge in [-0.2, -0.15) is 11.8 Å². The number of hydrogen-bond donors (Lipinski definition) is 1. The molecular formula is C11H18N2OS. The predicted octanol–water partition coefficient (Wildman–Crippen LogP) is 1.60. The molecule has 1 N–H and O–H groups in total. The highest BCUT2D eigenvalue weighted by molar-refractivity contribution is 7.98. The van der Waals surface area contributed by atoms with Gasteiger partial charge in [0, 0.05) is 37.2 Å². The molecule has 0 aliphatic heterocycles. The first kappa shape index (κ1) is 12.2. The van der Waals surface area contributed by atoms with E-state index >= 15 is 0 Å². The Bertz CT molecular complexity index is 285. The van der Waals surface area contributed by atoms with E-state index < -0.39 is 0 Å². The minimum atomic E-state index is 0.102. The first-order valence-electron chi connectivity index (χ1n) is 5.11. The van der Waals surface area contributed by atoms with E-state index in [2.05, 4.69) is 9.88 Å². The lowest BCUT2D eigenvalue weighted by atomic mass is 10.2. The summed E-state index contributed by atoms with van der Waals surface area (Å²) in [7, 11) is 0. The van der Waals surface area contributed by atoms with Gasteiger partial charge >= 0.3 is 0 Å². The fraction of sp³-hybridized carbons (Fsp3) is 0.545.